The summed E-state index contributed by atoms with van der Waals surface area (Å²) in [5.41, 5.74) is 0.670. The largest absolute Gasteiger partial charge is 0.386 e. The number of rotatable bonds is 6. The van der Waals surface area contributed by atoms with Crippen LogP contribution in [0.1, 0.15) is 17.2 Å². The van der Waals surface area contributed by atoms with E-state index in [2.05, 4.69) is 4.98 Å². The summed E-state index contributed by atoms with van der Waals surface area (Å²) in [5.74, 6) is -0.351. The maximum Gasteiger partial charge on any atom is 0.182 e. The van der Waals surface area contributed by atoms with Gasteiger partial charge in [-0.15, -0.1) is 0 Å². The van der Waals surface area contributed by atoms with Crippen molar-refractivity contribution in [2.45, 2.75) is 16.5 Å². The molecule has 0 atom stereocenters. The van der Waals surface area contributed by atoms with E-state index in [4.69, 9.17) is 23.2 Å². The highest BCUT2D eigenvalue weighted by molar-refractivity contribution is 7.91. The van der Waals surface area contributed by atoms with Crippen molar-refractivity contribution in [3.8, 4) is 0 Å². The van der Waals surface area contributed by atoms with Crippen LogP contribution in [0.15, 0.2) is 78.0 Å². The Hall–Kier alpha value is -1.96. The molecule has 1 N–H and O–H groups in total. The molecule has 156 valence electrons. The molecule has 0 bridgehead atoms. The lowest BCUT2D eigenvalue weighted by atomic mass is 9.88. The Kier molecular flexibility index (Phi) is 5.88. The lowest BCUT2D eigenvalue weighted by Gasteiger charge is -2.50. The smallest absolute Gasteiger partial charge is 0.182 e. The van der Waals surface area contributed by atoms with Crippen LogP contribution in [-0.4, -0.2) is 47.9 Å². The molecule has 8 heteroatoms. The number of β-amino-alcohol motifs (C(OH)–C–C–N with tert-alkyl or cyclic N) is 1. The van der Waals surface area contributed by atoms with E-state index < -0.39 is 15.4 Å². The van der Waals surface area contributed by atoms with Gasteiger partial charge in [-0.25, -0.2) is 8.42 Å². The van der Waals surface area contributed by atoms with Crippen LogP contribution in [0, 0.1) is 0 Å². The number of aliphatic hydroxyl groups is 1. The molecule has 1 aliphatic rings. The van der Waals surface area contributed by atoms with Gasteiger partial charge < -0.3 is 5.11 Å². The molecule has 30 heavy (non-hydrogen) atoms. The van der Waals surface area contributed by atoms with Crippen molar-refractivity contribution >= 4 is 33.0 Å². The maximum absolute atomic E-state index is 12.7. The Morgan fingerprint density at radius 1 is 0.967 bits per heavy atom. The van der Waals surface area contributed by atoms with Gasteiger partial charge in [-0.3, -0.25) is 9.88 Å². The summed E-state index contributed by atoms with van der Waals surface area (Å²) in [6.45, 7) is 0.449. The highest BCUT2D eigenvalue weighted by atomic mass is 35.5. The maximum atomic E-state index is 12.7. The number of likely N-dealkylation sites (tertiary alicyclic amines) is 1. The molecule has 0 aliphatic carbocycles. The van der Waals surface area contributed by atoms with Gasteiger partial charge in [0.25, 0.3) is 0 Å². The van der Waals surface area contributed by atoms with E-state index in [-0.39, 0.29) is 29.8 Å². The number of pyridine rings is 1. The summed E-state index contributed by atoms with van der Waals surface area (Å²) in [7, 11) is -3.64. The highest BCUT2D eigenvalue weighted by Gasteiger charge is 2.47. The minimum Gasteiger partial charge on any atom is -0.386 e. The third-order valence-corrected chi connectivity index (χ3v) is 7.56. The van der Waals surface area contributed by atoms with Gasteiger partial charge in [0, 0.05) is 35.5 Å². The molecule has 3 aromatic rings. The minimum atomic E-state index is -3.64. The fourth-order valence-corrected chi connectivity index (χ4v) is 5.67. The van der Waals surface area contributed by atoms with Crippen molar-refractivity contribution in [1.29, 1.82) is 0 Å². The molecule has 2 heterocycles. The van der Waals surface area contributed by atoms with Gasteiger partial charge in [-0.05, 0) is 47.5 Å². The zero-order chi connectivity index (χ0) is 21.4. The summed E-state index contributed by atoms with van der Waals surface area (Å²) >= 11 is 12.1. The summed E-state index contributed by atoms with van der Waals surface area (Å²) < 4.78 is 25.4. The van der Waals surface area contributed by atoms with Crippen LogP contribution < -0.4 is 0 Å². The van der Waals surface area contributed by atoms with E-state index in [0.717, 1.165) is 11.1 Å². The second kappa shape index (κ2) is 8.29. The zero-order valence-electron chi connectivity index (χ0n) is 15.9. The highest BCUT2D eigenvalue weighted by Crippen LogP contribution is 2.37. The molecule has 2 aromatic carbocycles. The van der Waals surface area contributed by atoms with Gasteiger partial charge >= 0.3 is 0 Å². The van der Waals surface area contributed by atoms with E-state index in [1.54, 1.807) is 6.07 Å². The predicted molar refractivity (Wildman–Crippen MR) is 118 cm³/mol. The van der Waals surface area contributed by atoms with Crippen molar-refractivity contribution in [3.05, 3.63) is 94.2 Å². The Balaban J connectivity index is 1.57. The number of sulfone groups is 1. The summed E-state index contributed by atoms with van der Waals surface area (Å²) in [6.07, 6.45) is 2.82. The molecule has 0 spiro atoms. The van der Waals surface area contributed by atoms with E-state index in [1.807, 2.05) is 53.4 Å². The van der Waals surface area contributed by atoms with Crippen molar-refractivity contribution in [3.63, 3.8) is 0 Å². The van der Waals surface area contributed by atoms with E-state index in [0.29, 0.717) is 10.0 Å². The monoisotopic (exact) mass is 462 g/mol. The van der Waals surface area contributed by atoms with Crippen molar-refractivity contribution in [1.82, 2.24) is 9.88 Å². The third kappa shape index (κ3) is 4.53. The van der Waals surface area contributed by atoms with Crippen LogP contribution >= 0.6 is 23.2 Å². The molecule has 1 saturated heterocycles. The number of halogens is 2. The fourth-order valence-electron chi connectivity index (χ4n) is 3.86. The van der Waals surface area contributed by atoms with Crippen LogP contribution in [0.2, 0.25) is 10.0 Å². The number of nitrogens with zero attached hydrogens (tertiary/aromatic N) is 2. The standard InChI is InChI=1S/C22H20Cl2N2O3S/c23-18-7-3-16(4-8-18)21(17-5-9-19(24)10-6-17)26-13-22(27,14-26)15-30(28,29)20-2-1-11-25-12-20/h1-12,21,27H,13-15H2. The number of benzene rings is 2. The summed E-state index contributed by atoms with van der Waals surface area (Å²) in [5, 5.41) is 12.2. The van der Waals surface area contributed by atoms with Crippen LogP contribution in [0.4, 0.5) is 0 Å². The third-order valence-electron chi connectivity index (χ3n) is 5.18. The van der Waals surface area contributed by atoms with Crippen LogP contribution in [0.5, 0.6) is 0 Å². The Morgan fingerprint density at radius 3 is 1.97 bits per heavy atom. The first kappa shape index (κ1) is 21.3. The Labute approximate surface area is 185 Å². The van der Waals surface area contributed by atoms with Crippen LogP contribution in [0.3, 0.4) is 0 Å². The number of hydrogen-bond acceptors (Lipinski definition) is 5. The average Bonchev–Trinajstić information content (AvgIpc) is 2.70. The molecule has 0 unspecified atom stereocenters. The first-order valence-corrected chi connectivity index (χ1v) is 11.8. The Bertz CT molecular complexity index is 1070. The van der Waals surface area contributed by atoms with E-state index in [1.165, 1.54) is 18.5 Å². The average molecular weight is 463 g/mol. The van der Waals surface area contributed by atoms with Gasteiger partial charge in [-0.1, -0.05) is 47.5 Å². The number of hydrogen-bond donors (Lipinski definition) is 1. The second-order valence-corrected chi connectivity index (χ2v) is 10.4. The molecule has 4 rings (SSSR count). The van der Waals surface area contributed by atoms with E-state index >= 15 is 0 Å². The lowest BCUT2D eigenvalue weighted by molar-refractivity contribution is -0.0937. The van der Waals surface area contributed by atoms with Gasteiger partial charge in [0.15, 0.2) is 9.84 Å². The predicted octanol–water partition coefficient (Wildman–Crippen LogP) is 4.00. The van der Waals surface area contributed by atoms with Gasteiger partial charge in [0.1, 0.15) is 5.60 Å². The normalized spacial score (nSPS) is 16.4. The van der Waals surface area contributed by atoms with Crippen molar-refractivity contribution < 1.29 is 13.5 Å². The topological polar surface area (TPSA) is 70.5 Å². The van der Waals surface area contributed by atoms with Crippen molar-refractivity contribution in [2.24, 2.45) is 0 Å². The molecule has 1 aliphatic heterocycles. The lowest BCUT2D eigenvalue weighted by Crippen LogP contribution is -2.65. The molecular formula is C22H20Cl2N2O3S. The minimum absolute atomic E-state index is 0.115. The Morgan fingerprint density at radius 2 is 1.50 bits per heavy atom. The van der Waals surface area contributed by atoms with Crippen LogP contribution in [0.25, 0.3) is 0 Å². The SMILES string of the molecule is O=S(=O)(CC1(O)CN(C(c2ccc(Cl)cc2)c2ccc(Cl)cc2)C1)c1cccnc1. The molecule has 1 fully saturated rings. The molecule has 0 amide bonds. The molecule has 5 nitrogen and oxygen atoms in total. The fraction of sp³-hybridized carbons (Fsp3) is 0.227. The van der Waals surface area contributed by atoms with Crippen molar-refractivity contribution in [2.75, 3.05) is 18.8 Å². The first-order valence-electron chi connectivity index (χ1n) is 9.36. The quantitative estimate of drug-likeness (QED) is 0.599. The van der Waals surface area contributed by atoms with Crippen LogP contribution in [-0.2, 0) is 9.84 Å². The summed E-state index contributed by atoms with van der Waals surface area (Å²) in [6, 6.07) is 17.9. The molecule has 1 aromatic heterocycles. The second-order valence-electron chi connectivity index (χ2n) is 7.58. The zero-order valence-corrected chi connectivity index (χ0v) is 18.3. The van der Waals surface area contributed by atoms with E-state index in [9.17, 15) is 13.5 Å². The first-order chi connectivity index (χ1) is 14.3. The molecule has 0 saturated carbocycles. The van der Waals surface area contributed by atoms with Gasteiger partial charge in [0.2, 0.25) is 0 Å². The van der Waals surface area contributed by atoms with Gasteiger partial charge in [0.05, 0.1) is 16.7 Å². The molecule has 0 radical (unpaired) electrons. The summed E-state index contributed by atoms with van der Waals surface area (Å²) in [4.78, 5) is 6.03. The molecular weight excluding hydrogens is 443 g/mol. The van der Waals surface area contributed by atoms with Gasteiger partial charge in [-0.2, -0.15) is 0 Å². The number of aromatic nitrogens is 1.